The monoisotopic (exact) mass is 472 g/mol. The molecular weight excluding hydrogens is 456 g/mol. The van der Waals surface area contributed by atoms with Crippen LogP contribution < -0.4 is 10.2 Å². The summed E-state index contributed by atoms with van der Waals surface area (Å²) >= 11 is 3.33. The molecule has 4 aromatic carbocycles. The van der Waals surface area contributed by atoms with Crippen LogP contribution >= 0.6 is 15.9 Å². The number of esters is 1. The number of carbonyl (C=O) groups is 2. The Hall–Kier alpha value is -3.77. The quantitative estimate of drug-likeness (QED) is 0.178. The van der Waals surface area contributed by atoms with E-state index in [1.54, 1.807) is 48.5 Å². The van der Waals surface area contributed by atoms with E-state index in [0.717, 1.165) is 20.8 Å². The average Bonchev–Trinajstić information content (AvgIpc) is 2.79. The van der Waals surface area contributed by atoms with Crippen LogP contribution in [0, 0.1) is 0 Å². The molecule has 0 fully saturated rings. The van der Waals surface area contributed by atoms with Crippen molar-refractivity contribution in [2.75, 3.05) is 0 Å². The Morgan fingerprint density at radius 3 is 2.42 bits per heavy atom. The molecule has 5 nitrogen and oxygen atoms in total. The molecule has 0 aliphatic carbocycles. The molecule has 6 heteroatoms. The summed E-state index contributed by atoms with van der Waals surface area (Å²) in [5.74, 6) is -0.300. The van der Waals surface area contributed by atoms with Gasteiger partial charge in [-0.2, -0.15) is 5.10 Å². The van der Waals surface area contributed by atoms with Gasteiger partial charge < -0.3 is 4.74 Å². The minimum atomic E-state index is -0.417. The Labute approximate surface area is 187 Å². The van der Waals surface area contributed by atoms with Gasteiger partial charge in [0.15, 0.2) is 0 Å². The van der Waals surface area contributed by atoms with Gasteiger partial charge in [-0.15, -0.1) is 0 Å². The Balaban J connectivity index is 1.39. The molecule has 0 bridgehead atoms. The number of hydrogen-bond donors (Lipinski definition) is 1. The van der Waals surface area contributed by atoms with E-state index in [1.165, 1.54) is 6.21 Å². The van der Waals surface area contributed by atoms with Gasteiger partial charge in [0.25, 0.3) is 5.91 Å². The van der Waals surface area contributed by atoms with E-state index in [1.807, 2.05) is 42.5 Å². The smallest absolute Gasteiger partial charge is 0.344 e. The highest BCUT2D eigenvalue weighted by Gasteiger charge is 2.12. The maximum absolute atomic E-state index is 12.6. The van der Waals surface area contributed by atoms with Crippen molar-refractivity contribution in [2.24, 2.45) is 5.10 Å². The van der Waals surface area contributed by atoms with Crippen molar-refractivity contribution in [1.29, 1.82) is 0 Å². The van der Waals surface area contributed by atoms with Gasteiger partial charge in [-0.1, -0.05) is 58.4 Å². The summed E-state index contributed by atoms with van der Waals surface area (Å²) in [7, 11) is 0. The summed E-state index contributed by atoms with van der Waals surface area (Å²) in [5.41, 5.74) is 4.25. The molecule has 1 N–H and O–H groups in total. The van der Waals surface area contributed by atoms with Crippen LogP contribution in [0.1, 0.15) is 26.3 Å². The number of hydrogen-bond acceptors (Lipinski definition) is 4. The van der Waals surface area contributed by atoms with Gasteiger partial charge in [-0.25, -0.2) is 10.2 Å². The molecule has 0 saturated heterocycles. The highest BCUT2D eigenvalue weighted by Crippen LogP contribution is 2.21. The molecule has 0 saturated carbocycles. The van der Waals surface area contributed by atoms with Crippen molar-refractivity contribution < 1.29 is 14.3 Å². The highest BCUT2D eigenvalue weighted by atomic mass is 79.9. The summed E-state index contributed by atoms with van der Waals surface area (Å²) in [6.07, 6.45) is 1.52. The maximum Gasteiger partial charge on any atom is 0.344 e. The van der Waals surface area contributed by atoms with Crippen LogP contribution in [0.15, 0.2) is 101 Å². The zero-order valence-corrected chi connectivity index (χ0v) is 17.9. The van der Waals surface area contributed by atoms with Gasteiger partial charge >= 0.3 is 5.97 Å². The van der Waals surface area contributed by atoms with Crippen molar-refractivity contribution in [3.63, 3.8) is 0 Å². The molecule has 0 radical (unpaired) electrons. The summed E-state index contributed by atoms with van der Waals surface area (Å²) in [6, 6.07) is 27.1. The summed E-state index contributed by atoms with van der Waals surface area (Å²) in [6.45, 7) is 0. The third-order valence-electron chi connectivity index (χ3n) is 4.57. The summed E-state index contributed by atoms with van der Waals surface area (Å²) in [5, 5.41) is 5.80. The number of rotatable bonds is 5. The van der Waals surface area contributed by atoms with Crippen LogP contribution in [0.4, 0.5) is 0 Å². The Bertz CT molecular complexity index is 1280. The first-order valence-corrected chi connectivity index (χ1v) is 10.3. The molecule has 31 heavy (non-hydrogen) atoms. The van der Waals surface area contributed by atoms with E-state index < -0.39 is 5.97 Å². The number of nitrogens with one attached hydrogen (secondary N) is 1. The first-order chi connectivity index (χ1) is 15.1. The molecule has 0 aliphatic rings. The lowest BCUT2D eigenvalue weighted by molar-refractivity contribution is 0.0736. The van der Waals surface area contributed by atoms with Crippen molar-refractivity contribution >= 4 is 44.8 Å². The minimum Gasteiger partial charge on any atom is -0.423 e. The van der Waals surface area contributed by atoms with Gasteiger partial charge in [0, 0.05) is 10.0 Å². The van der Waals surface area contributed by atoms with Gasteiger partial charge in [-0.3, -0.25) is 4.79 Å². The number of halogens is 1. The molecule has 0 aliphatic heterocycles. The van der Waals surface area contributed by atoms with Crippen LogP contribution in [0.3, 0.4) is 0 Å². The number of hydrazone groups is 1. The van der Waals surface area contributed by atoms with Crippen LogP contribution in [0.25, 0.3) is 10.8 Å². The fraction of sp³-hybridized carbons (Fsp3) is 0. The Kier molecular flexibility index (Phi) is 6.19. The van der Waals surface area contributed by atoms with Crippen molar-refractivity contribution in [2.45, 2.75) is 0 Å². The summed E-state index contributed by atoms with van der Waals surface area (Å²) < 4.78 is 6.34. The molecule has 4 aromatic rings. The van der Waals surface area contributed by atoms with E-state index in [9.17, 15) is 9.59 Å². The lowest BCUT2D eigenvalue weighted by atomic mass is 10.0. The largest absolute Gasteiger partial charge is 0.423 e. The van der Waals surface area contributed by atoms with E-state index >= 15 is 0 Å². The van der Waals surface area contributed by atoms with Crippen LogP contribution in [0.5, 0.6) is 5.75 Å². The number of amides is 1. The van der Waals surface area contributed by atoms with Gasteiger partial charge in [-0.05, 0) is 64.9 Å². The Morgan fingerprint density at radius 1 is 0.871 bits per heavy atom. The zero-order valence-electron chi connectivity index (χ0n) is 16.3. The number of carbonyl (C=O) groups excluding carboxylic acids is 2. The topological polar surface area (TPSA) is 67.8 Å². The summed E-state index contributed by atoms with van der Waals surface area (Å²) in [4.78, 5) is 24.7. The van der Waals surface area contributed by atoms with Gasteiger partial charge in [0.2, 0.25) is 0 Å². The first kappa shape index (κ1) is 20.5. The van der Waals surface area contributed by atoms with Crippen molar-refractivity contribution in [3.8, 4) is 5.75 Å². The first-order valence-electron chi connectivity index (χ1n) is 9.49. The highest BCUT2D eigenvalue weighted by molar-refractivity contribution is 9.10. The SMILES string of the molecule is O=C(N/N=C/c1ccc(OC(=O)c2cccc3ccccc23)cc1)c1cccc(Br)c1. The van der Waals surface area contributed by atoms with E-state index in [2.05, 4.69) is 26.5 Å². The van der Waals surface area contributed by atoms with Crippen LogP contribution in [-0.2, 0) is 0 Å². The molecule has 0 aromatic heterocycles. The molecular formula is C25H17BrN2O3. The third kappa shape index (κ3) is 5.05. The molecule has 1 amide bonds. The van der Waals surface area contributed by atoms with Crippen LogP contribution in [0.2, 0.25) is 0 Å². The normalized spacial score (nSPS) is 10.9. The lowest BCUT2D eigenvalue weighted by Gasteiger charge is -2.07. The van der Waals surface area contributed by atoms with E-state index in [-0.39, 0.29) is 5.91 Å². The second-order valence-electron chi connectivity index (χ2n) is 6.69. The molecule has 152 valence electrons. The predicted molar refractivity (Wildman–Crippen MR) is 125 cm³/mol. The second kappa shape index (κ2) is 9.36. The van der Waals surface area contributed by atoms with Crippen molar-refractivity contribution in [3.05, 3.63) is 112 Å². The number of benzene rings is 4. The molecule has 0 unspecified atom stereocenters. The maximum atomic E-state index is 12.6. The molecule has 0 heterocycles. The fourth-order valence-corrected chi connectivity index (χ4v) is 3.45. The molecule has 0 spiro atoms. The fourth-order valence-electron chi connectivity index (χ4n) is 3.05. The van der Waals surface area contributed by atoms with Crippen LogP contribution in [-0.4, -0.2) is 18.1 Å². The number of nitrogens with zero attached hydrogens (tertiary/aromatic N) is 1. The van der Waals surface area contributed by atoms with E-state index in [0.29, 0.717) is 16.9 Å². The average molecular weight is 473 g/mol. The van der Waals surface area contributed by atoms with Gasteiger partial charge in [0.05, 0.1) is 11.8 Å². The number of ether oxygens (including phenoxy) is 1. The zero-order chi connectivity index (χ0) is 21.6. The lowest BCUT2D eigenvalue weighted by Crippen LogP contribution is -2.17. The van der Waals surface area contributed by atoms with Gasteiger partial charge in [0.1, 0.15) is 5.75 Å². The van der Waals surface area contributed by atoms with E-state index in [4.69, 9.17) is 4.74 Å². The minimum absolute atomic E-state index is 0.307. The second-order valence-corrected chi connectivity index (χ2v) is 7.61. The molecule has 4 rings (SSSR count). The van der Waals surface area contributed by atoms with Crippen molar-refractivity contribution in [1.82, 2.24) is 5.43 Å². The predicted octanol–water partition coefficient (Wildman–Crippen LogP) is 5.59. The Morgan fingerprint density at radius 2 is 1.61 bits per heavy atom. The molecule has 0 atom stereocenters. The standard InChI is InChI=1S/C25H17BrN2O3/c26-20-8-3-7-19(15-20)24(29)28-27-16-17-11-13-21(14-12-17)31-25(30)23-10-4-6-18-5-1-2-9-22(18)23/h1-16H,(H,28,29)/b27-16+. The third-order valence-corrected chi connectivity index (χ3v) is 5.06. The number of fused-ring (bicyclic) bond motifs is 1.